The van der Waals surface area contributed by atoms with E-state index in [9.17, 15) is 13.2 Å². The maximum Gasteiger partial charge on any atom is 0.243 e. The van der Waals surface area contributed by atoms with Crippen LogP contribution in [0.15, 0.2) is 23.1 Å². The highest BCUT2D eigenvalue weighted by Gasteiger charge is 2.27. The standard InChI is InChI=1S/C12H16N2O4S/c1-10-2-3-11(13-9-15)8-12(10)19(16,17)14-4-6-18-7-5-14/h2-3,8-9H,4-7H2,1H3,(H,13,15). The summed E-state index contributed by atoms with van der Waals surface area (Å²) in [5.41, 5.74) is 1.12. The van der Waals surface area contributed by atoms with Crippen LogP contribution in [0.3, 0.4) is 0 Å². The summed E-state index contributed by atoms with van der Waals surface area (Å²) in [4.78, 5) is 10.7. The Labute approximate surface area is 112 Å². The van der Waals surface area contributed by atoms with Gasteiger partial charge in [-0.1, -0.05) is 6.07 Å². The van der Waals surface area contributed by atoms with Gasteiger partial charge in [0.1, 0.15) is 0 Å². The monoisotopic (exact) mass is 284 g/mol. The summed E-state index contributed by atoms with van der Waals surface area (Å²) in [5, 5.41) is 2.46. The fourth-order valence-corrected chi connectivity index (χ4v) is 3.62. The number of carbonyl (C=O) groups is 1. The van der Waals surface area contributed by atoms with Crippen molar-refractivity contribution in [1.82, 2.24) is 4.31 Å². The van der Waals surface area contributed by atoms with E-state index in [4.69, 9.17) is 4.74 Å². The molecule has 2 rings (SSSR count). The van der Waals surface area contributed by atoms with E-state index in [1.54, 1.807) is 19.1 Å². The van der Waals surface area contributed by atoms with Crippen LogP contribution in [-0.2, 0) is 19.6 Å². The summed E-state index contributed by atoms with van der Waals surface area (Å²) in [7, 11) is -3.54. The van der Waals surface area contributed by atoms with E-state index in [2.05, 4.69) is 5.32 Å². The highest BCUT2D eigenvalue weighted by Crippen LogP contribution is 2.24. The second kappa shape index (κ2) is 5.68. The summed E-state index contributed by atoms with van der Waals surface area (Å²) in [5.74, 6) is 0. The molecule has 1 N–H and O–H groups in total. The highest BCUT2D eigenvalue weighted by atomic mass is 32.2. The van der Waals surface area contributed by atoms with Gasteiger partial charge in [0.25, 0.3) is 0 Å². The van der Waals surface area contributed by atoms with Crippen molar-refractivity contribution in [3.8, 4) is 0 Å². The van der Waals surface area contributed by atoms with E-state index < -0.39 is 10.0 Å². The van der Waals surface area contributed by atoms with Crippen molar-refractivity contribution in [2.75, 3.05) is 31.6 Å². The molecule has 19 heavy (non-hydrogen) atoms. The van der Waals surface area contributed by atoms with Gasteiger partial charge in [0, 0.05) is 18.8 Å². The van der Waals surface area contributed by atoms with Crippen LogP contribution in [0.2, 0.25) is 0 Å². The molecule has 6 nitrogen and oxygen atoms in total. The van der Waals surface area contributed by atoms with Gasteiger partial charge in [0.15, 0.2) is 0 Å². The molecule has 1 aliphatic rings. The van der Waals surface area contributed by atoms with Gasteiger partial charge in [-0.05, 0) is 24.6 Å². The molecular formula is C12H16N2O4S. The van der Waals surface area contributed by atoms with Gasteiger partial charge >= 0.3 is 0 Å². The van der Waals surface area contributed by atoms with Gasteiger partial charge in [-0.25, -0.2) is 8.42 Å². The number of nitrogens with zero attached hydrogens (tertiary/aromatic N) is 1. The first-order chi connectivity index (χ1) is 9.05. The summed E-state index contributed by atoms with van der Waals surface area (Å²) in [6, 6.07) is 4.83. The summed E-state index contributed by atoms with van der Waals surface area (Å²) >= 11 is 0. The van der Waals surface area contributed by atoms with Crippen molar-refractivity contribution in [3.05, 3.63) is 23.8 Å². The van der Waals surface area contributed by atoms with Crippen LogP contribution in [0, 0.1) is 6.92 Å². The largest absolute Gasteiger partial charge is 0.379 e. The average Bonchev–Trinajstić information content (AvgIpc) is 2.42. The van der Waals surface area contributed by atoms with Crippen LogP contribution >= 0.6 is 0 Å². The van der Waals surface area contributed by atoms with E-state index >= 15 is 0 Å². The Balaban J connectivity index is 2.38. The Hall–Kier alpha value is -1.44. The second-order valence-electron chi connectivity index (χ2n) is 4.26. The van der Waals surface area contributed by atoms with Crippen LogP contribution in [0.4, 0.5) is 5.69 Å². The zero-order valence-electron chi connectivity index (χ0n) is 10.6. The maximum absolute atomic E-state index is 12.5. The minimum absolute atomic E-state index is 0.223. The van der Waals surface area contributed by atoms with Crippen molar-refractivity contribution in [1.29, 1.82) is 0 Å². The number of sulfonamides is 1. The fraction of sp³-hybridized carbons (Fsp3) is 0.417. The Morgan fingerprint density at radius 1 is 1.32 bits per heavy atom. The molecule has 0 saturated carbocycles. The number of ether oxygens (including phenoxy) is 1. The lowest BCUT2D eigenvalue weighted by atomic mass is 10.2. The number of anilines is 1. The number of nitrogens with one attached hydrogen (secondary N) is 1. The molecule has 1 aromatic carbocycles. The molecular weight excluding hydrogens is 268 g/mol. The predicted octanol–water partition coefficient (Wildman–Crippen LogP) is 0.584. The van der Waals surface area contributed by atoms with Crippen LogP contribution in [-0.4, -0.2) is 45.4 Å². The first kappa shape index (κ1) is 14.0. The number of hydrogen-bond acceptors (Lipinski definition) is 4. The molecule has 0 spiro atoms. The third-order valence-corrected chi connectivity index (χ3v) is 5.04. The Kier molecular flexibility index (Phi) is 4.18. The van der Waals surface area contributed by atoms with Crippen molar-refractivity contribution in [2.24, 2.45) is 0 Å². The van der Waals surface area contributed by atoms with Gasteiger partial charge in [0.2, 0.25) is 16.4 Å². The number of amides is 1. The number of morpholine rings is 1. The number of rotatable bonds is 4. The molecule has 0 aliphatic carbocycles. The Bertz CT molecular complexity index is 565. The van der Waals surface area contributed by atoms with Gasteiger partial charge in [0.05, 0.1) is 18.1 Å². The molecule has 7 heteroatoms. The lowest BCUT2D eigenvalue weighted by molar-refractivity contribution is -0.105. The molecule has 0 radical (unpaired) electrons. The van der Waals surface area contributed by atoms with Crippen molar-refractivity contribution >= 4 is 22.1 Å². The van der Waals surface area contributed by atoms with Crippen LogP contribution < -0.4 is 5.32 Å². The Morgan fingerprint density at radius 3 is 2.63 bits per heavy atom. The van der Waals surface area contributed by atoms with Crippen molar-refractivity contribution in [3.63, 3.8) is 0 Å². The van der Waals surface area contributed by atoms with Crippen LogP contribution in [0.5, 0.6) is 0 Å². The molecule has 0 aromatic heterocycles. The number of carbonyl (C=O) groups excluding carboxylic acids is 1. The highest BCUT2D eigenvalue weighted by molar-refractivity contribution is 7.89. The third kappa shape index (κ3) is 2.94. The summed E-state index contributed by atoms with van der Waals surface area (Å²) in [6.07, 6.45) is 0.524. The molecule has 0 atom stereocenters. The minimum atomic E-state index is -3.54. The molecule has 1 amide bonds. The predicted molar refractivity (Wildman–Crippen MR) is 70.4 cm³/mol. The van der Waals surface area contributed by atoms with Crippen molar-refractivity contribution in [2.45, 2.75) is 11.8 Å². The summed E-state index contributed by atoms with van der Waals surface area (Å²) in [6.45, 7) is 3.26. The third-order valence-electron chi connectivity index (χ3n) is 3.00. The molecule has 1 aromatic rings. The van der Waals surface area contributed by atoms with E-state index in [0.29, 0.717) is 44.0 Å². The normalized spacial score (nSPS) is 17.1. The minimum Gasteiger partial charge on any atom is -0.379 e. The smallest absolute Gasteiger partial charge is 0.243 e. The quantitative estimate of drug-likeness (QED) is 0.821. The van der Waals surface area contributed by atoms with Crippen LogP contribution in [0.25, 0.3) is 0 Å². The summed E-state index contributed by atoms with van der Waals surface area (Å²) < 4.78 is 31.6. The van der Waals surface area contributed by atoms with Gasteiger partial charge in [-0.2, -0.15) is 4.31 Å². The van der Waals surface area contributed by atoms with E-state index in [-0.39, 0.29) is 4.90 Å². The van der Waals surface area contributed by atoms with Crippen molar-refractivity contribution < 1.29 is 17.9 Å². The lowest BCUT2D eigenvalue weighted by Crippen LogP contribution is -2.40. The molecule has 1 fully saturated rings. The van der Waals surface area contributed by atoms with Gasteiger partial charge in [-0.3, -0.25) is 4.79 Å². The number of benzene rings is 1. The first-order valence-corrected chi connectivity index (χ1v) is 7.38. The van der Waals surface area contributed by atoms with Gasteiger partial charge < -0.3 is 10.1 Å². The zero-order valence-corrected chi connectivity index (χ0v) is 11.4. The lowest BCUT2D eigenvalue weighted by Gasteiger charge is -2.26. The first-order valence-electron chi connectivity index (χ1n) is 5.94. The van der Waals surface area contributed by atoms with Crippen LogP contribution in [0.1, 0.15) is 5.56 Å². The molecule has 1 aliphatic heterocycles. The zero-order chi connectivity index (χ0) is 13.9. The maximum atomic E-state index is 12.5. The molecule has 1 heterocycles. The topological polar surface area (TPSA) is 75.7 Å². The molecule has 1 saturated heterocycles. The SMILES string of the molecule is Cc1ccc(NC=O)cc1S(=O)(=O)N1CCOCC1. The molecule has 0 bridgehead atoms. The van der Waals surface area contributed by atoms with E-state index in [0.717, 1.165) is 0 Å². The van der Waals surface area contributed by atoms with Gasteiger partial charge in [-0.15, -0.1) is 0 Å². The second-order valence-corrected chi connectivity index (χ2v) is 6.17. The number of aryl methyl sites for hydroxylation is 1. The van der Waals surface area contributed by atoms with E-state index in [1.807, 2.05) is 0 Å². The fourth-order valence-electron chi connectivity index (χ4n) is 1.96. The Morgan fingerprint density at radius 2 is 2.00 bits per heavy atom. The van der Waals surface area contributed by atoms with E-state index in [1.165, 1.54) is 10.4 Å². The number of hydrogen-bond donors (Lipinski definition) is 1. The molecule has 0 unspecified atom stereocenters. The average molecular weight is 284 g/mol. The molecule has 104 valence electrons.